The molecule has 0 saturated heterocycles. The van der Waals surface area contributed by atoms with Gasteiger partial charge in [0.15, 0.2) is 0 Å². The van der Waals surface area contributed by atoms with Crippen LogP contribution in [0, 0.1) is 0 Å². The smallest absolute Gasteiger partial charge is 0.0782 e. The third kappa shape index (κ3) is 16.3. The molecule has 0 aliphatic carbocycles. The minimum absolute atomic E-state index is 0.858. The molecule has 0 aromatic rings. The van der Waals surface area contributed by atoms with Crippen LogP contribution in [0.25, 0.3) is 0 Å². The van der Waals surface area contributed by atoms with Crippen molar-refractivity contribution in [3.05, 3.63) is 0 Å². The molecule has 0 radical (unpaired) electrons. The summed E-state index contributed by atoms with van der Waals surface area (Å²) in [5.41, 5.74) is 5.54. The Morgan fingerprint density at radius 1 is 0.545 bits per heavy atom. The first-order valence-corrected chi connectivity index (χ1v) is 10.1. The molecule has 0 amide bonds. The van der Waals surface area contributed by atoms with Gasteiger partial charge < -0.3 is 10.2 Å². The van der Waals surface area contributed by atoms with Crippen molar-refractivity contribution in [2.24, 2.45) is 5.73 Å². The van der Waals surface area contributed by atoms with E-state index in [1.807, 2.05) is 0 Å². The van der Waals surface area contributed by atoms with Gasteiger partial charge in [-0.15, -0.1) is 0 Å². The molecule has 2 N–H and O–H groups in total. The number of nitrogens with two attached hydrogens (primary N) is 1. The normalized spacial score (nSPS) is 12.0. The average molecular weight is 314 g/mol. The van der Waals surface area contributed by atoms with Gasteiger partial charge >= 0.3 is 0 Å². The molecular formula is C20H45N2+. The zero-order valence-electron chi connectivity index (χ0n) is 16.0. The van der Waals surface area contributed by atoms with Crippen molar-refractivity contribution < 1.29 is 4.48 Å². The summed E-state index contributed by atoms with van der Waals surface area (Å²) in [6, 6.07) is 0. The third-order valence-electron chi connectivity index (χ3n) is 4.83. The fraction of sp³-hybridized carbons (Fsp3) is 1.00. The van der Waals surface area contributed by atoms with E-state index >= 15 is 0 Å². The fourth-order valence-corrected chi connectivity index (χ4v) is 3.18. The van der Waals surface area contributed by atoms with E-state index in [1.165, 1.54) is 107 Å². The molecule has 22 heavy (non-hydrogen) atoms. The van der Waals surface area contributed by atoms with Crippen molar-refractivity contribution in [2.45, 2.75) is 96.8 Å². The molecule has 0 aliphatic rings. The highest BCUT2D eigenvalue weighted by Crippen LogP contribution is 2.12. The van der Waals surface area contributed by atoms with Gasteiger partial charge in [-0.2, -0.15) is 0 Å². The first kappa shape index (κ1) is 21.9. The van der Waals surface area contributed by atoms with Crippen LogP contribution in [0.1, 0.15) is 96.8 Å². The monoisotopic (exact) mass is 313 g/mol. The molecule has 0 unspecified atom stereocenters. The van der Waals surface area contributed by atoms with E-state index in [9.17, 15) is 0 Å². The summed E-state index contributed by atoms with van der Waals surface area (Å²) < 4.78 is 1.21. The highest BCUT2D eigenvalue weighted by molar-refractivity contribution is 4.48. The quantitative estimate of drug-likeness (QED) is 0.278. The van der Waals surface area contributed by atoms with Gasteiger partial charge in [-0.25, -0.2) is 0 Å². The maximum Gasteiger partial charge on any atom is 0.0782 e. The third-order valence-corrected chi connectivity index (χ3v) is 4.83. The predicted molar refractivity (Wildman–Crippen MR) is 101 cm³/mol. The Labute approximate surface area is 141 Å². The van der Waals surface area contributed by atoms with Crippen molar-refractivity contribution in [3.63, 3.8) is 0 Å². The van der Waals surface area contributed by atoms with Gasteiger partial charge in [0.1, 0.15) is 0 Å². The lowest BCUT2D eigenvalue weighted by atomic mass is 10.1. The summed E-state index contributed by atoms with van der Waals surface area (Å²) in [5.74, 6) is 0. The van der Waals surface area contributed by atoms with Crippen molar-refractivity contribution in [3.8, 4) is 0 Å². The zero-order chi connectivity index (χ0) is 16.5. The van der Waals surface area contributed by atoms with E-state index in [-0.39, 0.29) is 0 Å². The number of nitrogens with zero attached hydrogens (tertiary/aromatic N) is 1. The van der Waals surface area contributed by atoms with Crippen molar-refractivity contribution in [1.82, 2.24) is 0 Å². The molecule has 0 bridgehead atoms. The maximum atomic E-state index is 5.54. The SMILES string of the molecule is CCCCCCCCCCCC[N+](C)(C)CCCCCCN. The van der Waals surface area contributed by atoms with Gasteiger partial charge in [0.2, 0.25) is 0 Å². The second-order valence-corrected chi connectivity index (χ2v) is 7.77. The number of quaternary nitrogens is 1. The molecule has 0 heterocycles. The van der Waals surface area contributed by atoms with Crippen LogP contribution in [0.4, 0.5) is 0 Å². The maximum absolute atomic E-state index is 5.54. The van der Waals surface area contributed by atoms with E-state index < -0.39 is 0 Å². The molecule has 0 saturated carbocycles. The summed E-state index contributed by atoms with van der Waals surface area (Å²) >= 11 is 0. The van der Waals surface area contributed by atoms with Gasteiger partial charge in [-0.1, -0.05) is 64.7 Å². The van der Waals surface area contributed by atoms with Crippen molar-refractivity contribution in [1.29, 1.82) is 0 Å². The van der Waals surface area contributed by atoms with Crippen molar-refractivity contribution in [2.75, 3.05) is 33.7 Å². The number of rotatable bonds is 17. The standard InChI is InChI=1S/C20H45N2/c1-4-5-6-7-8-9-10-11-13-16-19-22(2,3)20-17-14-12-15-18-21/h4-21H2,1-3H3/q+1. The molecule has 0 atom stereocenters. The topological polar surface area (TPSA) is 26.0 Å². The lowest BCUT2D eigenvalue weighted by molar-refractivity contribution is -0.890. The summed E-state index contributed by atoms with van der Waals surface area (Å²) in [6.07, 6.45) is 19.6. The highest BCUT2D eigenvalue weighted by atomic mass is 15.3. The lowest BCUT2D eigenvalue weighted by Gasteiger charge is -2.30. The Hall–Kier alpha value is -0.0800. The fourth-order valence-electron chi connectivity index (χ4n) is 3.18. The molecule has 0 aromatic carbocycles. The molecule has 2 nitrogen and oxygen atoms in total. The Morgan fingerprint density at radius 2 is 0.909 bits per heavy atom. The van der Waals surface area contributed by atoms with Gasteiger partial charge in [-0.05, 0) is 38.6 Å². The Kier molecular flexibility index (Phi) is 15.7. The molecule has 0 fully saturated rings. The molecule has 2 heteroatoms. The van der Waals surface area contributed by atoms with Gasteiger partial charge in [0.05, 0.1) is 27.2 Å². The van der Waals surface area contributed by atoms with Gasteiger partial charge in [-0.3, -0.25) is 0 Å². The highest BCUT2D eigenvalue weighted by Gasteiger charge is 2.13. The first-order chi connectivity index (χ1) is 10.6. The van der Waals surface area contributed by atoms with Crippen LogP contribution in [0.2, 0.25) is 0 Å². The van der Waals surface area contributed by atoms with Crippen LogP contribution in [0.15, 0.2) is 0 Å². The van der Waals surface area contributed by atoms with E-state index in [2.05, 4.69) is 21.0 Å². The second-order valence-electron chi connectivity index (χ2n) is 7.77. The van der Waals surface area contributed by atoms with Crippen LogP contribution in [0.5, 0.6) is 0 Å². The van der Waals surface area contributed by atoms with Crippen LogP contribution in [-0.2, 0) is 0 Å². The van der Waals surface area contributed by atoms with Crippen molar-refractivity contribution >= 4 is 0 Å². The Morgan fingerprint density at radius 3 is 1.32 bits per heavy atom. The number of unbranched alkanes of at least 4 members (excludes halogenated alkanes) is 12. The minimum Gasteiger partial charge on any atom is -0.330 e. The van der Waals surface area contributed by atoms with E-state index in [0.29, 0.717) is 0 Å². The van der Waals surface area contributed by atoms with Crippen LogP contribution in [-0.4, -0.2) is 38.2 Å². The summed E-state index contributed by atoms with van der Waals surface area (Å²) in [4.78, 5) is 0. The van der Waals surface area contributed by atoms with Crippen LogP contribution >= 0.6 is 0 Å². The van der Waals surface area contributed by atoms with E-state index in [1.54, 1.807) is 0 Å². The van der Waals surface area contributed by atoms with Gasteiger partial charge in [0.25, 0.3) is 0 Å². The molecular weight excluding hydrogens is 268 g/mol. The van der Waals surface area contributed by atoms with Crippen LogP contribution < -0.4 is 5.73 Å². The average Bonchev–Trinajstić information content (AvgIpc) is 2.49. The summed E-state index contributed by atoms with van der Waals surface area (Å²) in [7, 11) is 4.80. The zero-order valence-corrected chi connectivity index (χ0v) is 16.0. The van der Waals surface area contributed by atoms with Gasteiger partial charge in [0, 0.05) is 0 Å². The number of hydrogen-bond donors (Lipinski definition) is 1. The Balaban J connectivity index is 3.30. The molecule has 0 rings (SSSR count). The second kappa shape index (κ2) is 15.8. The Bertz CT molecular complexity index is 214. The molecule has 0 aromatic heterocycles. The lowest BCUT2D eigenvalue weighted by Crippen LogP contribution is -2.41. The number of hydrogen-bond acceptors (Lipinski definition) is 1. The van der Waals surface area contributed by atoms with E-state index in [4.69, 9.17) is 5.73 Å². The molecule has 134 valence electrons. The summed E-state index contributed by atoms with van der Waals surface area (Å²) in [5, 5.41) is 0. The van der Waals surface area contributed by atoms with Crippen LogP contribution in [0.3, 0.4) is 0 Å². The predicted octanol–water partition coefficient (Wildman–Crippen LogP) is 5.50. The summed E-state index contributed by atoms with van der Waals surface area (Å²) in [6.45, 7) is 5.84. The largest absolute Gasteiger partial charge is 0.330 e. The molecule has 0 aliphatic heterocycles. The van der Waals surface area contributed by atoms with E-state index in [0.717, 1.165) is 6.54 Å². The minimum atomic E-state index is 0.858. The molecule has 0 spiro atoms. The first-order valence-electron chi connectivity index (χ1n) is 10.1.